The highest BCUT2D eigenvalue weighted by Gasteiger charge is 2.09. The molecule has 0 aliphatic carbocycles. The minimum absolute atomic E-state index is 0.242. The summed E-state index contributed by atoms with van der Waals surface area (Å²) < 4.78 is 5.00. The van der Waals surface area contributed by atoms with Crippen LogP contribution in [0.15, 0.2) is 24.3 Å². The van der Waals surface area contributed by atoms with Gasteiger partial charge >= 0.3 is 0 Å². The molecule has 0 amide bonds. The fraction of sp³-hybridized carbons (Fsp3) is 0.462. The second-order valence-electron chi connectivity index (χ2n) is 4.11. The Morgan fingerprint density at radius 3 is 2.56 bits per heavy atom. The van der Waals surface area contributed by atoms with Gasteiger partial charge in [0.1, 0.15) is 5.78 Å². The molecule has 0 saturated carbocycles. The number of Topliss-reactive ketones (excluding diaryl/α,β-unsaturated/α-hetero) is 1. The number of halogens is 1. The molecule has 0 bridgehead atoms. The first kappa shape index (κ1) is 13.2. The molecule has 1 rings (SSSR count). The molecule has 2 nitrogen and oxygen atoms in total. The number of hydrogen-bond acceptors (Lipinski definition) is 2. The van der Waals surface area contributed by atoms with E-state index in [-0.39, 0.29) is 11.7 Å². The zero-order chi connectivity index (χ0) is 12.0. The summed E-state index contributed by atoms with van der Waals surface area (Å²) in [6.45, 7) is 2.65. The quantitative estimate of drug-likeness (QED) is 0.764. The SMILES string of the molecule is COCC(C)CC(=O)Cc1ccc(Cl)cc1. The van der Waals surface area contributed by atoms with Crippen LogP contribution in [0.5, 0.6) is 0 Å². The Bertz CT molecular complexity index is 332. The summed E-state index contributed by atoms with van der Waals surface area (Å²) in [6.07, 6.45) is 1.04. The summed E-state index contributed by atoms with van der Waals surface area (Å²) in [5.41, 5.74) is 1.01. The van der Waals surface area contributed by atoms with Gasteiger partial charge in [-0.25, -0.2) is 0 Å². The van der Waals surface area contributed by atoms with Gasteiger partial charge in [-0.2, -0.15) is 0 Å². The first-order valence-electron chi connectivity index (χ1n) is 5.37. The maximum absolute atomic E-state index is 11.7. The Balaban J connectivity index is 2.42. The molecule has 0 aromatic heterocycles. The Kier molecular flexibility index (Phi) is 5.50. The van der Waals surface area contributed by atoms with Gasteiger partial charge in [0.25, 0.3) is 0 Å². The standard InChI is InChI=1S/C13H17ClO2/c1-10(9-16-2)7-13(15)8-11-3-5-12(14)6-4-11/h3-6,10H,7-9H2,1-2H3. The highest BCUT2D eigenvalue weighted by molar-refractivity contribution is 6.30. The van der Waals surface area contributed by atoms with Gasteiger partial charge in [0.2, 0.25) is 0 Å². The van der Waals surface area contributed by atoms with Crippen LogP contribution >= 0.6 is 11.6 Å². The molecule has 88 valence electrons. The first-order valence-corrected chi connectivity index (χ1v) is 5.74. The molecule has 0 radical (unpaired) electrons. The third kappa shape index (κ3) is 4.77. The van der Waals surface area contributed by atoms with Crippen molar-refractivity contribution in [3.63, 3.8) is 0 Å². The number of hydrogen-bond donors (Lipinski definition) is 0. The molecule has 0 fully saturated rings. The van der Waals surface area contributed by atoms with E-state index in [0.29, 0.717) is 24.5 Å². The van der Waals surface area contributed by atoms with Crippen molar-refractivity contribution in [2.24, 2.45) is 5.92 Å². The van der Waals surface area contributed by atoms with E-state index >= 15 is 0 Å². The summed E-state index contributed by atoms with van der Waals surface area (Å²) in [4.78, 5) is 11.7. The van der Waals surface area contributed by atoms with E-state index in [9.17, 15) is 4.79 Å². The van der Waals surface area contributed by atoms with Crippen molar-refractivity contribution in [1.29, 1.82) is 0 Å². The number of rotatable bonds is 6. The van der Waals surface area contributed by atoms with Crippen molar-refractivity contribution >= 4 is 17.4 Å². The predicted octanol–water partition coefficient (Wildman–Crippen LogP) is 3.12. The van der Waals surface area contributed by atoms with Gasteiger partial charge < -0.3 is 4.74 Å². The molecule has 1 unspecified atom stereocenters. The predicted molar refractivity (Wildman–Crippen MR) is 65.8 cm³/mol. The lowest BCUT2D eigenvalue weighted by Gasteiger charge is -2.08. The third-order valence-corrected chi connectivity index (χ3v) is 2.59. The molecule has 0 aliphatic heterocycles. The number of carbonyl (C=O) groups excluding carboxylic acids is 1. The fourth-order valence-electron chi connectivity index (χ4n) is 1.63. The number of carbonyl (C=O) groups is 1. The zero-order valence-electron chi connectivity index (χ0n) is 9.70. The van der Waals surface area contributed by atoms with Gasteiger partial charge in [-0.3, -0.25) is 4.79 Å². The van der Waals surface area contributed by atoms with E-state index in [2.05, 4.69) is 0 Å². The second-order valence-corrected chi connectivity index (χ2v) is 4.54. The van der Waals surface area contributed by atoms with Crippen LogP contribution in [0.2, 0.25) is 5.02 Å². The number of benzene rings is 1. The molecule has 0 heterocycles. The van der Waals surface area contributed by atoms with Crippen LogP contribution in [0.25, 0.3) is 0 Å². The smallest absolute Gasteiger partial charge is 0.137 e. The van der Waals surface area contributed by atoms with E-state index in [0.717, 1.165) is 5.56 Å². The van der Waals surface area contributed by atoms with Crippen LogP contribution in [0, 0.1) is 5.92 Å². The minimum Gasteiger partial charge on any atom is -0.384 e. The van der Waals surface area contributed by atoms with Crippen molar-refractivity contribution in [2.45, 2.75) is 19.8 Å². The Morgan fingerprint density at radius 1 is 1.38 bits per heavy atom. The van der Waals surface area contributed by atoms with Crippen molar-refractivity contribution in [3.05, 3.63) is 34.9 Å². The number of methoxy groups -OCH3 is 1. The molecule has 0 saturated heterocycles. The van der Waals surface area contributed by atoms with Crippen molar-refractivity contribution < 1.29 is 9.53 Å². The number of ketones is 1. The molecule has 1 atom stereocenters. The van der Waals surface area contributed by atoms with E-state index in [4.69, 9.17) is 16.3 Å². The normalized spacial score (nSPS) is 12.4. The fourth-order valence-corrected chi connectivity index (χ4v) is 1.76. The van der Waals surface area contributed by atoms with Crippen molar-refractivity contribution in [2.75, 3.05) is 13.7 Å². The van der Waals surface area contributed by atoms with Crippen LogP contribution in [0.4, 0.5) is 0 Å². The lowest BCUT2D eigenvalue weighted by atomic mass is 10.0. The van der Waals surface area contributed by atoms with Crippen molar-refractivity contribution in [1.82, 2.24) is 0 Å². The molecular weight excluding hydrogens is 224 g/mol. The number of ether oxygens (including phenoxy) is 1. The van der Waals surface area contributed by atoms with Gasteiger partial charge in [-0.15, -0.1) is 0 Å². The summed E-state index contributed by atoms with van der Waals surface area (Å²) in [6, 6.07) is 7.40. The topological polar surface area (TPSA) is 26.3 Å². The van der Waals surface area contributed by atoms with Gasteiger partial charge in [0.05, 0.1) is 0 Å². The highest BCUT2D eigenvalue weighted by Crippen LogP contribution is 2.12. The molecule has 1 aromatic carbocycles. The molecular formula is C13H17ClO2. The van der Waals surface area contributed by atoms with E-state index in [1.165, 1.54) is 0 Å². The molecule has 0 spiro atoms. The Labute approximate surface area is 102 Å². The maximum Gasteiger partial charge on any atom is 0.137 e. The van der Waals surface area contributed by atoms with Gasteiger partial charge in [-0.05, 0) is 23.6 Å². The van der Waals surface area contributed by atoms with Gasteiger partial charge in [-0.1, -0.05) is 30.7 Å². The average Bonchev–Trinajstić information content (AvgIpc) is 2.21. The minimum atomic E-state index is 0.242. The average molecular weight is 241 g/mol. The lowest BCUT2D eigenvalue weighted by molar-refractivity contribution is -0.119. The highest BCUT2D eigenvalue weighted by atomic mass is 35.5. The third-order valence-electron chi connectivity index (χ3n) is 2.34. The lowest BCUT2D eigenvalue weighted by Crippen LogP contribution is -2.12. The van der Waals surface area contributed by atoms with Gasteiger partial charge in [0.15, 0.2) is 0 Å². The van der Waals surface area contributed by atoms with E-state index in [1.54, 1.807) is 7.11 Å². The molecule has 16 heavy (non-hydrogen) atoms. The Hall–Kier alpha value is -0.860. The van der Waals surface area contributed by atoms with Crippen LogP contribution < -0.4 is 0 Å². The monoisotopic (exact) mass is 240 g/mol. The van der Waals surface area contributed by atoms with E-state index < -0.39 is 0 Å². The van der Waals surface area contributed by atoms with Crippen LogP contribution in [-0.2, 0) is 16.0 Å². The van der Waals surface area contributed by atoms with Crippen molar-refractivity contribution in [3.8, 4) is 0 Å². The summed E-state index contributed by atoms with van der Waals surface area (Å²) in [7, 11) is 1.65. The summed E-state index contributed by atoms with van der Waals surface area (Å²) in [5.74, 6) is 0.525. The molecule has 3 heteroatoms. The van der Waals surface area contributed by atoms with Gasteiger partial charge in [0, 0.05) is 31.6 Å². The zero-order valence-corrected chi connectivity index (χ0v) is 10.5. The largest absolute Gasteiger partial charge is 0.384 e. The molecule has 0 N–H and O–H groups in total. The van der Waals surface area contributed by atoms with Crippen LogP contribution in [0.3, 0.4) is 0 Å². The maximum atomic E-state index is 11.7. The Morgan fingerprint density at radius 2 is 2.00 bits per heavy atom. The molecule has 1 aromatic rings. The molecule has 0 aliphatic rings. The van der Waals surface area contributed by atoms with Crippen LogP contribution in [-0.4, -0.2) is 19.5 Å². The summed E-state index contributed by atoms with van der Waals surface area (Å²) in [5, 5.41) is 0.698. The first-order chi connectivity index (χ1) is 7.61. The van der Waals surface area contributed by atoms with E-state index in [1.807, 2.05) is 31.2 Å². The summed E-state index contributed by atoms with van der Waals surface area (Å²) >= 11 is 5.77. The van der Waals surface area contributed by atoms with Crippen LogP contribution in [0.1, 0.15) is 18.9 Å². The second kappa shape index (κ2) is 6.66.